The van der Waals surface area contributed by atoms with Gasteiger partial charge in [0.2, 0.25) is 0 Å². The number of carbonyl (C=O) groups is 1. The topological polar surface area (TPSA) is 62.5 Å². The van der Waals surface area contributed by atoms with Crippen LogP contribution in [0.5, 0.6) is 0 Å². The second-order valence-electron chi connectivity index (χ2n) is 3.21. The number of aromatic nitrogens is 1. The van der Waals surface area contributed by atoms with E-state index in [2.05, 4.69) is 9.98 Å². The Kier molecular flexibility index (Phi) is 2.26. The third-order valence-corrected chi connectivity index (χ3v) is 2.25. The number of hydrogen-bond acceptors (Lipinski definition) is 3. The van der Waals surface area contributed by atoms with E-state index in [1.807, 2.05) is 12.1 Å². The van der Waals surface area contributed by atoms with Crippen LogP contribution in [0.15, 0.2) is 29.5 Å². The molecule has 0 amide bonds. The van der Waals surface area contributed by atoms with E-state index < -0.39 is 12.0 Å². The maximum absolute atomic E-state index is 10.7. The highest BCUT2D eigenvalue weighted by molar-refractivity contribution is 6.03. The van der Waals surface area contributed by atoms with Gasteiger partial charge in [-0.05, 0) is 18.9 Å². The Bertz CT molecular complexity index is 373. The van der Waals surface area contributed by atoms with Crippen molar-refractivity contribution < 1.29 is 9.90 Å². The van der Waals surface area contributed by atoms with E-state index in [0.29, 0.717) is 6.42 Å². The summed E-state index contributed by atoms with van der Waals surface area (Å²) in [4.78, 5) is 18.8. The molecule has 14 heavy (non-hydrogen) atoms. The van der Waals surface area contributed by atoms with E-state index in [4.69, 9.17) is 5.11 Å². The number of rotatable bonds is 2. The summed E-state index contributed by atoms with van der Waals surface area (Å²) in [7, 11) is 0. The fraction of sp³-hybridized carbons (Fsp3) is 0.300. The van der Waals surface area contributed by atoms with Gasteiger partial charge >= 0.3 is 5.97 Å². The minimum atomic E-state index is -0.844. The molecule has 1 N–H and O–H groups in total. The van der Waals surface area contributed by atoms with Crippen LogP contribution in [0.25, 0.3) is 0 Å². The highest BCUT2D eigenvalue weighted by atomic mass is 16.4. The Morgan fingerprint density at radius 3 is 3.00 bits per heavy atom. The maximum Gasteiger partial charge on any atom is 0.328 e. The van der Waals surface area contributed by atoms with E-state index in [1.165, 1.54) is 0 Å². The lowest BCUT2D eigenvalue weighted by Gasteiger charge is -1.97. The van der Waals surface area contributed by atoms with Crippen LogP contribution in [0.4, 0.5) is 0 Å². The van der Waals surface area contributed by atoms with Gasteiger partial charge in [-0.1, -0.05) is 6.07 Å². The molecule has 2 rings (SSSR count). The lowest BCUT2D eigenvalue weighted by atomic mass is 10.1. The summed E-state index contributed by atoms with van der Waals surface area (Å²) in [5.74, 6) is -0.844. The summed E-state index contributed by atoms with van der Waals surface area (Å²) in [6.07, 6.45) is 4.72. The maximum atomic E-state index is 10.7. The van der Waals surface area contributed by atoms with Crippen LogP contribution < -0.4 is 0 Å². The first-order valence-electron chi connectivity index (χ1n) is 4.47. The third-order valence-electron chi connectivity index (χ3n) is 2.25. The number of aliphatic imine (C=N–C) groups is 1. The van der Waals surface area contributed by atoms with Gasteiger partial charge < -0.3 is 5.11 Å². The Labute approximate surface area is 81.3 Å². The standard InChI is InChI=1S/C10H10N2O2/c13-10(14)9-4-3-8(12-9)7-2-1-5-11-6-7/h1-2,5-6,9H,3-4H2,(H,13,14). The first kappa shape index (κ1) is 8.87. The minimum Gasteiger partial charge on any atom is -0.480 e. The predicted octanol–water partition coefficient (Wildman–Crippen LogP) is 1.12. The smallest absolute Gasteiger partial charge is 0.328 e. The monoisotopic (exact) mass is 190 g/mol. The molecule has 0 spiro atoms. The first-order chi connectivity index (χ1) is 6.77. The highest BCUT2D eigenvalue weighted by Crippen LogP contribution is 2.17. The third kappa shape index (κ3) is 1.64. The minimum absolute atomic E-state index is 0.565. The zero-order chi connectivity index (χ0) is 9.97. The van der Waals surface area contributed by atoms with Crippen molar-refractivity contribution in [3.8, 4) is 0 Å². The average molecular weight is 190 g/mol. The molecule has 4 heteroatoms. The first-order valence-corrected chi connectivity index (χ1v) is 4.47. The molecule has 0 aliphatic carbocycles. The van der Waals surface area contributed by atoms with Crippen molar-refractivity contribution in [3.05, 3.63) is 30.1 Å². The number of carboxylic acids is 1. The van der Waals surface area contributed by atoms with Crippen molar-refractivity contribution in [1.29, 1.82) is 0 Å². The summed E-state index contributed by atoms with van der Waals surface area (Å²) in [6, 6.07) is 3.16. The number of aliphatic carboxylic acids is 1. The van der Waals surface area contributed by atoms with Crippen LogP contribution in [0.1, 0.15) is 18.4 Å². The van der Waals surface area contributed by atoms with Gasteiger partial charge in [0.05, 0.1) is 0 Å². The largest absolute Gasteiger partial charge is 0.480 e. The number of hydrogen-bond donors (Lipinski definition) is 1. The predicted molar refractivity (Wildman–Crippen MR) is 51.4 cm³/mol. The van der Waals surface area contributed by atoms with Crippen molar-refractivity contribution in [3.63, 3.8) is 0 Å². The van der Waals surface area contributed by atoms with E-state index >= 15 is 0 Å². The fourth-order valence-corrected chi connectivity index (χ4v) is 1.52. The molecule has 4 nitrogen and oxygen atoms in total. The number of pyridine rings is 1. The van der Waals surface area contributed by atoms with Crippen molar-refractivity contribution in [2.45, 2.75) is 18.9 Å². The van der Waals surface area contributed by atoms with Gasteiger partial charge in [-0.2, -0.15) is 0 Å². The molecule has 1 unspecified atom stereocenters. The van der Waals surface area contributed by atoms with Crippen LogP contribution in [-0.2, 0) is 4.79 Å². The Morgan fingerprint density at radius 2 is 2.43 bits per heavy atom. The van der Waals surface area contributed by atoms with Gasteiger partial charge in [-0.3, -0.25) is 9.98 Å². The molecular weight excluding hydrogens is 180 g/mol. The molecule has 1 aliphatic heterocycles. The molecule has 72 valence electrons. The summed E-state index contributed by atoms with van der Waals surface area (Å²) >= 11 is 0. The van der Waals surface area contributed by atoms with Gasteiger partial charge in [-0.25, -0.2) is 4.79 Å². The molecule has 1 aromatic heterocycles. The van der Waals surface area contributed by atoms with Gasteiger partial charge in [0.15, 0.2) is 0 Å². The molecular formula is C10H10N2O2. The molecule has 0 fully saturated rings. The molecule has 0 radical (unpaired) electrons. The molecule has 1 atom stereocenters. The van der Waals surface area contributed by atoms with Crippen LogP contribution in [0.3, 0.4) is 0 Å². The Hall–Kier alpha value is -1.71. The lowest BCUT2D eigenvalue weighted by molar-refractivity contribution is -0.138. The van der Waals surface area contributed by atoms with Crippen LogP contribution in [-0.4, -0.2) is 27.8 Å². The molecule has 0 bridgehead atoms. The molecule has 1 aliphatic rings. The van der Waals surface area contributed by atoms with Crippen LogP contribution in [0, 0.1) is 0 Å². The van der Waals surface area contributed by atoms with E-state index in [0.717, 1.165) is 17.7 Å². The summed E-state index contributed by atoms with van der Waals surface area (Å²) in [5.41, 5.74) is 1.78. The van der Waals surface area contributed by atoms with Crippen molar-refractivity contribution >= 4 is 11.7 Å². The van der Waals surface area contributed by atoms with Gasteiger partial charge in [0, 0.05) is 23.7 Å². The zero-order valence-electron chi connectivity index (χ0n) is 7.55. The van der Waals surface area contributed by atoms with Gasteiger partial charge in [0.1, 0.15) is 6.04 Å². The van der Waals surface area contributed by atoms with Gasteiger partial charge in [0.25, 0.3) is 0 Å². The van der Waals surface area contributed by atoms with Crippen LogP contribution in [0.2, 0.25) is 0 Å². The molecule has 0 saturated carbocycles. The van der Waals surface area contributed by atoms with E-state index in [1.54, 1.807) is 12.4 Å². The van der Waals surface area contributed by atoms with Crippen molar-refractivity contribution in [2.75, 3.05) is 0 Å². The Morgan fingerprint density at radius 1 is 1.57 bits per heavy atom. The SMILES string of the molecule is O=C(O)C1CCC(c2cccnc2)=N1. The summed E-state index contributed by atoms with van der Waals surface area (Å²) in [5, 5.41) is 8.76. The molecule has 0 saturated heterocycles. The van der Waals surface area contributed by atoms with Gasteiger partial charge in [-0.15, -0.1) is 0 Å². The molecule has 0 aromatic carbocycles. The fourth-order valence-electron chi connectivity index (χ4n) is 1.52. The second-order valence-corrected chi connectivity index (χ2v) is 3.21. The zero-order valence-corrected chi connectivity index (χ0v) is 7.55. The normalized spacial score (nSPS) is 20.6. The highest BCUT2D eigenvalue weighted by Gasteiger charge is 2.24. The van der Waals surface area contributed by atoms with Crippen LogP contribution >= 0.6 is 0 Å². The van der Waals surface area contributed by atoms with Crippen molar-refractivity contribution in [1.82, 2.24) is 4.98 Å². The summed E-state index contributed by atoms with van der Waals surface area (Å²) in [6.45, 7) is 0. The van der Waals surface area contributed by atoms with E-state index in [9.17, 15) is 4.79 Å². The quantitative estimate of drug-likeness (QED) is 0.760. The average Bonchev–Trinajstić information content (AvgIpc) is 2.68. The summed E-state index contributed by atoms with van der Waals surface area (Å²) < 4.78 is 0. The van der Waals surface area contributed by atoms with E-state index in [-0.39, 0.29) is 0 Å². The van der Waals surface area contributed by atoms with Crippen molar-refractivity contribution in [2.24, 2.45) is 4.99 Å². The molecule has 1 aromatic rings. The second kappa shape index (κ2) is 3.57. The number of carboxylic acid groups (broad SMARTS) is 1. The number of nitrogens with zero attached hydrogens (tertiary/aromatic N) is 2. The Balaban J connectivity index is 2.22. The lowest BCUT2D eigenvalue weighted by Crippen LogP contribution is -2.13. The molecule has 2 heterocycles.